The van der Waals surface area contributed by atoms with Crippen LogP contribution in [0.1, 0.15) is 23.2 Å². The first kappa shape index (κ1) is 15.6. The predicted octanol–water partition coefficient (Wildman–Crippen LogP) is 3.41. The topological polar surface area (TPSA) is 39.2 Å². The lowest BCUT2D eigenvalue weighted by atomic mass is 10.1. The van der Waals surface area contributed by atoms with E-state index in [2.05, 4.69) is 9.72 Å². The molecule has 0 saturated heterocycles. The maximum atomic E-state index is 12.6. The fraction of sp³-hybridized carbons (Fsp3) is 0.400. The van der Waals surface area contributed by atoms with Gasteiger partial charge in [0.05, 0.1) is 19.1 Å². The average molecular weight is 304 g/mol. The molecule has 0 fully saturated rings. The zero-order valence-electron chi connectivity index (χ0n) is 9.39. The molecule has 0 radical (unpaired) electrons. The van der Waals surface area contributed by atoms with Crippen LogP contribution in [-0.2, 0) is 22.1 Å². The number of esters is 1. The first-order chi connectivity index (χ1) is 8.66. The summed E-state index contributed by atoms with van der Waals surface area (Å²) in [7, 11) is 0.985. The molecule has 0 aliphatic carbocycles. The van der Waals surface area contributed by atoms with Crippen LogP contribution in [-0.4, -0.2) is 18.1 Å². The highest BCUT2D eigenvalue weighted by Crippen LogP contribution is 2.36. The summed E-state index contributed by atoms with van der Waals surface area (Å²) in [6.45, 7) is 0. The van der Waals surface area contributed by atoms with E-state index in [0.717, 1.165) is 7.11 Å². The van der Waals surface area contributed by atoms with Gasteiger partial charge < -0.3 is 4.74 Å². The minimum atomic E-state index is -4.85. The van der Waals surface area contributed by atoms with E-state index in [1.807, 2.05) is 0 Å². The number of carbonyl (C=O) groups is 1. The van der Waals surface area contributed by atoms with Gasteiger partial charge in [0.1, 0.15) is 10.8 Å². The second kappa shape index (κ2) is 5.68. The molecular formula is C10H7ClF5NO2. The zero-order valence-corrected chi connectivity index (χ0v) is 10.1. The Morgan fingerprint density at radius 1 is 1.47 bits per heavy atom. The molecule has 1 heterocycles. The second-order valence-electron chi connectivity index (χ2n) is 3.42. The zero-order chi connectivity index (χ0) is 14.8. The first-order valence-corrected chi connectivity index (χ1v) is 5.16. The number of nitrogens with zero attached hydrogens (tertiary/aromatic N) is 1. The SMILES string of the molecule is COC(=O)Cc1cc(C(F)(F)F)c(Cl)nc1C(F)F. The molecule has 0 amide bonds. The lowest BCUT2D eigenvalue weighted by Gasteiger charge is -2.13. The Hall–Kier alpha value is -1.44. The monoisotopic (exact) mass is 303 g/mol. The van der Waals surface area contributed by atoms with Crippen LogP contribution in [0.4, 0.5) is 22.0 Å². The van der Waals surface area contributed by atoms with Gasteiger partial charge in [-0.2, -0.15) is 13.2 Å². The van der Waals surface area contributed by atoms with Crippen molar-refractivity contribution in [2.45, 2.75) is 19.0 Å². The summed E-state index contributed by atoms with van der Waals surface area (Å²) in [5.74, 6) is -0.959. The van der Waals surface area contributed by atoms with Crippen LogP contribution in [0.3, 0.4) is 0 Å². The van der Waals surface area contributed by atoms with Gasteiger partial charge in [-0.1, -0.05) is 11.6 Å². The molecular weight excluding hydrogens is 297 g/mol. The Bertz CT molecular complexity index is 490. The van der Waals surface area contributed by atoms with Crippen LogP contribution < -0.4 is 0 Å². The molecule has 1 rings (SSSR count). The predicted molar refractivity (Wildman–Crippen MR) is 54.9 cm³/mol. The van der Waals surface area contributed by atoms with Crippen molar-refractivity contribution in [3.8, 4) is 0 Å². The summed E-state index contributed by atoms with van der Waals surface area (Å²) in [6, 6.07) is 0.383. The van der Waals surface area contributed by atoms with Crippen molar-refractivity contribution >= 4 is 17.6 Å². The minimum absolute atomic E-state index is 0.383. The Morgan fingerprint density at radius 3 is 2.47 bits per heavy atom. The standard InChI is InChI=1S/C10H7ClF5NO2/c1-19-6(18)3-4-2-5(10(14,15)16)8(11)17-7(4)9(12)13/h2,9H,3H2,1H3. The number of pyridine rings is 1. The van der Waals surface area contributed by atoms with E-state index >= 15 is 0 Å². The van der Waals surface area contributed by atoms with Gasteiger partial charge in [-0.05, 0) is 11.6 Å². The fourth-order valence-electron chi connectivity index (χ4n) is 1.30. The van der Waals surface area contributed by atoms with Gasteiger partial charge in [-0.3, -0.25) is 4.79 Å². The molecule has 0 unspecified atom stereocenters. The molecule has 0 aliphatic heterocycles. The second-order valence-corrected chi connectivity index (χ2v) is 3.78. The average Bonchev–Trinajstić information content (AvgIpc) is 2.28. The number of alkyl halides is 5. The Labute approximate surface area is 109 Å². The third-order valence-corrected chi connectivity index (χ3v) is 2.45. The Kier molecular flexibility index (Phi) is 4.67. The number of hydrogen-bond donors (Lipinski definition) is 0. The summed E-state index contributed by atoms with van der Waals surface area (Å²) in [5.41, 5.74) is -2.92. The summed E-state index contributed by atoms with van der Waals surface area (Å²) >= 11 is 5.22. The van der Waals surface area contributed by atoms with Gasteiger partial charge in [-0.15, -0.1) is 0 Å². The van der Waals surface area contributed by atoms with E-state index in [4.69, 9.17) is 11.6 Å². The highest BCUT2D eigenvalue weighted by molar-refractivity contribution is 6.30. The van der Waals surface area contributed by atoms with Crippen LogP contribution in [0.2, 0.25) is 5.15 Å². The molecule has 0 N–H and O–H groups in total. The van der Waals surface area contributed by atoms with Crippen molar-refractivity contribution in [1.29, 1.82) is 0 Å². The smallest absolute Gasteiger partial charge is 0.419 e. The lowest BCUT2D eigenvalue weighted by molar-refractivity contribution is -0.140. The number of carbonyl (C=O) groups excluding carboxylic acids is 1. The van der Waals surface area contributed by atoms with Crippen molar-refractivity contribution in [3.05, 3.63) is 28.0 Å². The van der Waals surface area contributed by atoms with E-state index in [0.29, 0.717) is 6.07 Å². The quantitative estimate of drug-likeness (QED) is 0.488. The number of hydrogen-bond acceptors (Lipinski definition) is 3. The van der Waals surface area contributed by atoms with Crippen LogP contribution in [0.15, 0.2) is 6.07 Å². The molecule has 0 aromatic carbocycles. The fourth-order valence-corrected chi connectivity index (χ4v) is 1.56. The van der Waals surface area contributed by atoms with Gasteiger partial charge in [0.25, 0.3) is 6.43 Å². The number of methoxy groups -OCH3 is 1. The van der Waals surface area contributed by atoms with Crippen molar-refractivity contribution in [2.24, 2.45) is 0 Å². The lowest BCUT2D eigenvalue weighted by Crippen LogP contribution is -2.14. The molecule has 3 nitrogen and oxygen atoms in total. The largest absolute Gasteiger partial charge is 0.469 e. The van der Waals surface area contributed by atoms with E-state index < -0.39 is 47.0 Å². The molecule has 19 heavy (non-hydrogen) atoms. The summed E-state index contributed by atoms with van der Waals surface area (Å²) in [4.78, 5) is 14.0. The summed E-state index contributed by atoms with van der Waals surface area (Å²) < 4.78 is 67.1. The van der Waals surface area contributed by atoms with Crippen molar-refractivity contribution in [3.63, 3.8) is 0 Å². The van der Waals surface area contributed by atoms with Crippen LogP contribution in [0.25, 0.3) is 0 Å². The highest BCUT2D eigenvalue weighted by atomic mass is 35.5. The van der Waals surface area contributed by atoms with Gasteiger partial charge in [0, 0.05) is 0 Å². The number of aromatic nitrogens is 1. The van der Waals surface area contributed by atoms with Crippen LogP contribution >= 0.6 is 11.6 Å². The van der Waals surface area contributed by atoms with E-state index in [-0.39, 0.29) is 0 Å². The number of halogens is 6. The van der Waals surface area contributed by atoms with Gasteiger partial charge in [0.2, 0.25) is 0 Å². The number of rotatable bonds is 3. The van der Waals surface area contributed by atoms with Gasteiger partial charge in [-0.25, -0.2) is 13.8 Å². The molecule has 106 valence electrons. The molecule has 1 aromatic rings. The minimum Gasteiger partial charge on any atom is -0.469 e. The van der Waals surface area contributed by atoms with Gasteiger partial charge >= 0.3 is 12.1 Å². The van der Waals surface area contributed by atoms with Crippen molar-refractivity contribution < 1.29 is 31.5 Å². The van der Waals surface area contributed by atoms with Gasteiger partial charge in [0.15, 0.2) is 0 Å². The molecule has 0 atom stereocenters. The molecule has 1 aromatic heterocycles. The third-order valence-electron chi connectivity index (χ3n) is 2.16. The van der Waals surface area contributed by atoms with Crippen LogP contribution in [0.5, 0.6) is 0 Å². The normalized spacial score (nSPS) is 11.8. The van der Waals surface area contributed by atoms with Crippen molar-refractivity contribution in [1.82, 2.24) is 4.98 Å². The maximum Gasteiger partial charge on any atom is 0.419 e. The molecule has 0 aliphatic rings. The summed E-state index contributed by atoms with van der Waals surface area (Å²) in [6.07, 6.45) is -8.75. The highest BCUT2D eigenvalue weighted by Gasteiger charge is 2.36. The van der Waals surface area contributed by atoms with E-state index in [9.17, 15) is 26.7 Å². The number of ether oxygens (including phenoxy) is 1. The van der Waals surface area contributed by atoms with Crippen LogP contribution in [0, 0.1) is 0 Å². The maximum absolute atomic E-state index is 12.6. The Balaban J connectivity index is 3.35. The van der Waals surface area contributed by atoms with Crippen molar-refractivity contribution in [2.75, 3.05) is 7.11 Å². The Morgan fingerprint density at radius 2 is 2.05 bits per heavy atom. The molecule has 0 saturated carbocycles. The summed E-state index contributed by atoms with van der Waals surface area (Å²) in [5, 5.41) is -1.09. The van der Waals surface area contributed by atoms with E-state index in [1.165, 1.54) is 0 Å². The molecule has 9 heteroatoms. The molecule has 0 spiro atoms. The molecule has 0 bridgehead atoms. The first-order valence-electron chi connectivity index (χ1n) is 4.78. The van der Waals surface area contributed by atoms with E-state index in [1.54, 1.807) is 0 Å². The third kappa shape index (κ3) is 3.76.